The highest BCUT2D eigenvalue weighted by molar-refractivity contribution is 5.89. The highest BCUT2D eigenvalue weighted by atomic mass is 16.7. The number of unbranched alkanes of at least 4 members (excludes halogenated alkanes) is 6. The smallest absolute Gasteiger partial charge is 0.306 e. The Bertz CT molecular complexity index is 1650. The Morgan fingerprint density at radius 2 is 1.17 bits per heavy atom. The van der Waals surface area contributed by atoms with Crippen molar-refractivity contribution in [1.82, 2.24) is 16.0 Å². The molecule has 0 spiro atoms. The molecule has 0 radical (unpaired) electrons. The predicted octanol–water partition coefficient (Wildman–Crippen LogP) is 6.08. The van der Waals surface area contributed by atoms with Gasteiger partial charge in [0.15, 0.2) is 30.6 Å². The molecule has 19 nitrogen and oxygen atoms in total. The Morgan fingerprint density at radius 3 is 1.76 bits per heavy atom. The summed E-state index contributed by atoms with van der Waals surface area (Å²) in [5.74, 6) is -2.06. The van der Waals surface area contributed by atoms with Crippen LogP contribution >= 0.6 is 0 Å². The van der Waals surface area contributed by atoms with Crippen molar-refractivity contribution in [2.45, 2.75) is 234 Å². The molecule has 3 N–H and O–H groups in total. The predicted molar refractivity (Wildman–Crippen MR) is 257 cm³/mol. The van der Waals surface area contributed by atoms with Gasteiger partial charge in [0.2, 0.25) is 17.7 Å². The van der Waals surface area contributed by atoms with E-state index in [1.54, 1.807) is 0 Å². The number of ether oxygens (including phenoxy) is 8. The summed E-state index contributed by atoms with van der Waals surface area (Å²) < 4.78 is 46.0. The average Bonchev–Trinajstić information content (AvgIpc) is 3.26. The molecular weight excluding hydrogens is 911 g/mol. The molecule has 2 saturated heterocycles. The van der Waals surface area contributed by atoms with Crippen LogP contribution in [-0.4, -0.2) is 128 Å². The maximum Gasteiger partial charge on any atom is 0.306 e. The fraction of sp³-hybridized carbons (Fsp3) is 0.843. The third-order valence-corrected chi connectivity index (χ3v) is 12.6. The Hall–Kier alpha value is -4.20. The molecule has 3 amide bonds. The van der Waals surface area contributed by atoms with Crippen molar-refractivity contribution in [3.05, 3.63) is 0 Å². The van der Waals surface area contributed by atoms with E-state index in [1.165, 1.54) is 27.7 Å². The first-order valence-electron chi connectivity index (χ1n) is 25.6. The zero-order valence-corrected chi connectivity index (χ0v) is 44.0. The zero-order valence-electron chi connectivity index (χ0n) is 44.0. The molecule has 19 heteroatoms. The summed E-state index contributed by atoms with van der Waals surface area (Å²) in [6, 6.07) is -1.62. The van der Waals surface area contributed by atoms with Gasteiger partial charge in [-0.25, -0.2) is 0 Å². The first kappa shape index (κ1) is 61.9. The highest BCUT2D eigenvalue weighted by Crippen LogP contribution is 2.36. The fourth-order valence-corrected chi connectivity index (χ4v) is 8.53. The van der Waals surface area contributed by atoms with Crippen LogP contribution in [0.3, 0.4) is 0 Å². The molecule has 402 valence electrons. The van der Waals surface area contributed by atoms with Crippen molar-refractivity contribution in [2.75, 3.05) is 26.4 Å². The molecule has 0 bridgehead atoms. The van der Waals surface area contributed by atoms with E-state index in [0.717, 1.165) is 12.8 Å². The zero-order chi connectivity index (χ0) is 52.4. The number of amides is 3. The van der Waals surface area contributed by atoms with E-state index in [1.807, 2.05) is 27.7 Å². The number of Topliss-reactive ketones (excluding diaryl/α,β-unsaturated/α-hetero) is 1. The van der Waals surface area contributed by atoms with E-state index >= 15 is 0 Å². The van der Waals surface area contributed by atoms with Gasteiger partial charge in [-0.15, -0.1) is 0 Å². The Labute approximate surface area is 416 Å². The van der Waals surface area contributed by atoms with Crippen LogP contribution in [0.1, 0.15) is 179 Å². The second kappa shape index (κ2) is 32.7. The second-order valence-electron chi connectivity index (χ2n) is 19.8. The van der Waals surface area contributed by atoms with Gasteiger partial charge in [-0.3, -0.25) is 38.4 Å². The molecule has 2 aliphatic rings. The summed E-state index contributed by atoms with van der Waals surface area (Å²) in [5, 5.41) is 8.60. The first-order chi connectivity index (χ1) is 33.0. The molecule has 2 aliphatic heterocycles. The molecule has 0 aromatic rings. The molecule has 0 aromatic carbocycles. The minimum atomic E-state index is -1.05. The van der Waals surface area contributed by atoms with E-state index in [-0.39, 0.29) is 79.4 Å². The lowest BCUT2D eigenvalue weighted by molar-refractivity contribution is -0.272. The van der Waals surface area contributed by atoms with Gasteiger partial charge in [-0.05, 0) is 96.8 Å². The number of carbonyl (C=O) groups excluding carboxylic acids is 8. The minimum Gasteiger partial charge on any atom is -0.463 e. The number of nitrogens with one attached hydrogen (secondary N) is 3. The summed E-state index contributed by atoms with van der Waals surface area (Å²) >= 11 is 0. The number of rotatable bonds is 32. The van der Waals surface area contributed by atoms with E-state index in [9.17, 15) is 38.4 Å². The van der Waals surface area contributed by atoms with E-state index in [0.29, 0.717) is 90.2 Å². The fourth-order valence-electron chi connectivity index (χ4n) is 8.53. The van der Waals surface area contributed by atoms with Crippen LogP contribution < -0.4 is 16.0 Å². The molecule has 70 heavy (non-hydrogen) atoms. The van der Waals surface area contributed by atoms with E-state index in [2.05, 4.69) is 36.7 Å². The van der Waals surface area contributed by atoms with Gasteiger partial charge in [0.25, 0.3) is 0 Å². The minimum absolute atomic E-state index is 0.0523. The van der Waals surface area contributed by atoms with E-state index in [4.69, 9.17) is 37.9 Å². The van der Waals surface area contributed by atoms with E-state index < -0.39 is 66.4 Å². The first-order valence-corrected chi connectivity index (χ1v) is 25.6. The van der Waals surface area contributed by atoms with Gasteiger partial charge in [0, 0.05) is 79.1 Å². The Balaban J connectivity index is 1.85. The normalized spacial score (nSPS) is 24.9. The Morgan fingerprint density at radius 1 is 0.600 bits per heavy atom. The number of hydrogen-bond donors (Lipinski definition) is 3. The van der Waals surface area contributed by atoms with Crippen molar-refractivity contribution >= 4 is 47.4 Å². The largest absolute Gasteiger partial charge is 0.463 e. The molecule has 0 saturated carbocycles. The molecule has 2 heterocycles. The standard InChI is InChI=1S/C51H87N3O16/c1-12-41-47(66-37(7)57)48(67-38(8)58)46(53-35(5)55)50(68-41)64-30-21-18-25-43(60)52-28-20-17-23-39(40(59)24-15-13-14-16-27-45(62)70-51(9,10)11)54-44(61)26-19-22-29-63-49-34(4)32(2)33(3)42(69-49)31-65-36(6)56/h32-34,39,41-42,46-50H,12-31H2,1-11H3,(H,52,60)(H,53,55)(H,54,61)/t32?,33?,34?,39-,41?,42?,46?,47?,48?,49?,50?/m0/s1. The monoisotopic (exact) mass is 998 g/mol. The molecule has 11 atom stereocenters. The molecular formula is C51H87N3O16. The lowest BCUT2D eigenvalue weighted by Crippen LogP contribution is -2.65. The van der Waals surface area contributed by atoms with Crippen LogP contribution in [0.4, 0.5) is 0 Å². The van der Waals surface area contributed by atoms with Gasteiger partial charge in [0.05, 0.1) is 12.1 Å². The number of ketones is 1. The van der Waals surface area contributed by atoms with Crippen molar-refractivity contribution in [2.24, 2.45) is 17.8 Å². The summed E-state index contributed by atoms with van der Waals surface area (Å²) in [7, 11) is 0. The van der Waals surface area contributed by atoms with Gasteiger partial charge < -0.3 is 53.8 Å². The summed E-state index contributed by atoms with van der Waals surface area (Å²) in [4.78, 5) is 98.9. The number of hydrogen-bond acceptors (Lipinski definition) is 16. The molecule has 2 rings (SSSR count). The maximum absolute atomic E-state index is 13.5. The summed E-state index contributed by atoms with van der Waals surface area (Å²) in [5.41, 5.74) is -0.535. The van der Waals surface area contributed by atoms with Crippen LogP contribution in [-0.2, 0) is 76.3 Å². The number of carbonyl (C=O) groups is 8. The second-order valence-corrected chi connectivity index (χ2v) is 19.8. The molecule has 0 aliphatic carbocycles. The quantitative estimate of drug-likeness (QED) is 0.0393. The van der Waals surface area contributed by atoms with Crippen LogP contribution in [0.5, 0.6) is 0 Å². The van der Waals surface area contributed by atoms with Crippen molar-refractivity contribution in [3.63, 3.8) is 0 Å². The number of esters is 4. The SMILES string of the molecule is CCC1OC(OCCCCC(=O)NCCCC[C@H](NC(=O)CCCCOC2OC(COC(C)=O)C(C)C(C)C2C)C(=O)CCCCCCC(=O)OC(C)(C)C)C(NC(C)=O)C(OC(C)=O)C1OC(C)=O. The van der Waals surface area contributed by atoms with Crippen LogP contribution in [0.15, 0.2) is 0 Å². The average molecular weight is 998 g/mol. The summed E-state index contributed by atoms with van der Waals surface area (Å²) in [6.45, 7) is 19.9. The van der Waals surface area contributed by atoms with Crippen LogP contribution in [0.2, 0.25) is 0 Å². The van der Waals surface area contributed by atoms with Gasteiger partial charge in [-0.2, -0.15) is 0 Å². The molecule has 10 unspecified atom stereocenters. The third kappa shape index (κ3) is 24.8. The molecule has 0 aromatic heterocycles. The van der Waals surface area contributed by atoms with Gasteiger partial charge >= 0.3 is 23.9 Å². The van der Waals surface area contributed by atoms with Crippen molar-refractivity contribution in [1.29, 1.82) is 0 Å². The summed E-state index contributed by atoms with van der Waals surface area (Å²) in [6.07, 6.45) is 3.63. The lowest BCUT2D eigenvalue weighted by atomic mass is 9.79. The topological polar surface area (TPSA) is 246 Å². The highest BCUT2D eigenvalue weighted by Gasteiger charge is 2.50. The maximum atomic E-state index is 13.5. The lowest BCUT2D eigenvalue weighted by Gasteiger charge is -2.45. The third-order valence-electron chi connectivity index (χ3n) is 12.6. The Kier molecular flexibility index (Phi) is 28.9. The van der Waals surface area contributed by atoms with Gasteiger partial charge in [0.1, 0.15) is 24.4 Å². The van der Waals surface area contributed by atoms with Gasteiger partial charge in [-0.1, -0.05) is 40.5 Å². The molecule has 2 fully saturated rings. The van der Waals surface area contributed by atoms with Crippen molar-refractivity contribution in [3.8, 4) is 0 Å². The van der Waals surface area contributed by atoms with Crippen LogP contribution in [0, 0.1) is 17.8 Å². The van der Waals surface area contributed by atoms with Crippen LogP contribution in [0.25, 0.3) is 0 Å². The van der Waals surface area contributed by atoms with Crippen molar-refractivity contribution < 1.29 is 76.3 Å².